The zero-order valence-corrected chi connectivity index (χ0v) is 25.5. The first kappa shape index (κ1) is 29.3. The van der Waals surface area contributed by atoms with Gasteiger partial charge in [0.1, 0.15) is 35.7 Å². The summed E-state index contributed by atoms with van der Waals surface area (Å²) in [6.45, 7) is 2.90. The Morgan fingerprint density at radius 1 is 1.02 bits per heavy atom. The van der Waals surface area contributed by atoms with Crippen molar-refractivity contribution in [2.24, 2.45) is 0 Å². The molecule has 0 radical (unpaired) electrons. The molecule has 0 saturated carbocycles. The number of hydrogen-bond donors (Lipinski definition) is 2. The lowest BCUT2D eigenvalue weighted by molar-refractivity contribution is 0.107. The number of benzene rings is 3. The van der Waals surface area contributed by atoms with Crippen molar-refractivity contribution in [2.45, 2.75) is 68.7 Å². The van der Waals surface area contributed by atoms with Crippen LogP contribution in [0.3, 0.4) is 0 Å². The Balaban J connectivity index is 1.27. The van der Waals surface area contributed by atoms with Crippen molar-refractivity contribution in [1.29, 1.82) is 0 Å². The van der Waals surface area contributed by atoms with Gasteiger partial charge in [0.2, 0.25) is 0 Å². The Hall–Kier alpha value is -4.07. The van der Waals surface area contributed by atoms with Crippen molar-refractivity contribution < 1.29 is 23.0 Å². The lowest BCUT2D eigenvalue weighted by Crippen LogP contribution is -2.44. The molecule has 4 aliphatic heterocycles. The molecular weight excluding hydrogens is 591 g/mol. The number of alkyl halides is 1. The van der Waals surface area contributed by atoms with E-state index in [-0.39, 0.29) is 40.6 Å². The lowest BCUT2D eigenvalue weighted by atomic mass is 9.93. The number of anilines is 1. The van der Waals surface area contributed by atoms with E-state index in [0.29, 0.717) is 53.6 Å². The van der Waals surface area contributed by atoms with Crippen LogP contribution < -0.4 is 15.0 Å². The highest BCUT2D eigenvalue weighted by molar-refractivity contribution is 6.04. The Kier molecular flexibility index (Phi) is 7.22. The number of aromatic hydroxyl groups is 1. The van der Waals surface area contributed by atoms with E-state index in [1.807, 2.05) is 0 Å². The van der Waals surface area contributed by atoms with E-state index < -0.39 is 23.3 Å². The number of ether oxygens (including phenoxy) is 1. The van der Waals surface area contributed by atoms with Crippen LogP contribution in [-0.2, 0) is 0 Å². The van der Waals surface area contributed by atoms with Crippen LogP contribution in [0.25, 0.3) is 32.8 Å². The number of aromatic nitrogens is 2. The first-order chi connectivity index (χ1) is 22.3. The van der Waals surface area contributed by atoms with Gasteiger partial charge >= 0.3 is 6.01 Å². The molecule has 2 bridgehead atoms. The van der Waals surface area contributed by atoms with Gasteiger partial charge in [-0.3, -0.25) is 4.90 Å². The molecule has 0 unspecified atom stereocenters. The molecule has 4 fully saturated rings. The van der Waals surface area contributed by atoms with E-state index >= 15 is 4.39 Å². The Labute approximate surface area is 265 Å². The summed E-state index contributed by atoms with van der Waals surface area (Å²) in [6, 6.07) is 9.80. The van der Waals surface area contributed by atoms with Crippen molar-refractivity contribution >= 4 is 27.5 Å². The fourth-order valence-electron chi connectivity index (χ4n) is 8.41. The number of phenolic OH excluding ortho intramolecular Hbond substituents is 1. The van der Waals surface area contributed by atoms with Crippen molar-refractivity contribution in [3.8, 4) is 35.2 Å². The fraction of sp³-hybridized carbons (Fsp3) is 0.444. The van der Waals surface area contributed by atoms with Gasteiger partial charge in [-0.15, -0.1) is 6.42 Å². The average Bonchev–Trinajstić information content (AvgIpc) is 3.53. The number of phenols is 1. The first-order valence-electron chi connectivity index (χ1n) is 16.3. The zero-order chi connectivity index (χ0) is 31.6. The molecule has 4 atom stereocenters. The van der Waals surface area contributed by atoms with Gasteiger partial charge < -0.3 is 20.1 Å². The van der Waals surface area contributed by atoms with Gasteiger partial charge in [-0.25, -0.2) is 13.2 Å². The monoisotopic (exact) mass is 627 g/mol. The molecule has 5 heterocycles. The molecule has 4 aliphatic rings. The summed E-state index contributed by atoms with van der Waals surface area (Å²) in [5.74, 6) is 1.64. The molecule has 0 amide bonds. The van der Waals surface area contributed by atoms with Gasteiger partial charge in [-0.05, 0) is 73.9 Å². The van der Waals surface area contributed by atoms with Gasteiger partial charge in [0.25, 0.3) is 0 Å². The van der Waals surface area contributed by atoms with Gasteiger partial charge in [0.05, 0.1) is 11.1 Å². The van der Waals surface area contributed by atoms with Crippen molar-refractivity contribution in [3.05, 3.63) is 53.6 Å². The standard InChI is InChI=1S/C36H36F3N5O2/c1-2-26-30(38)10-7-21-15-25(45)16-29(31(21)26)27-8-9-28-33(32(27)39)41-35(46-20-36-12-4-13-44(36)18-22(37)17-36)42-34(28)43-14-11-23-5-3-6-24(19-43)40-23/h1,7-10,15-16,22-24,40,45H,3-6,11-14,17-20H2/t22-,23-,24+,36+/m1/s1. The molecule has 2 N–H and O–H groups in total. The predicted molar refractivity (Wildman–Crippen MR) is 172 cm³/mol. The number of rotatable bonds is 5. The normalized spacial score (nSPS) is 26.3. The Morgan fingerprint density at radius 2 is 1.89 bits per heavy atom. The minimum atomic E-state index is -0.907. The summed E-state index contributed by atoms with van der Waals surface area (Å²) in [5.41, 5.74) is 0.0146. The highest BCUT2D eigenvalue weighted by atomic mass is 19.1. The molecule has 0 spiro atoms. The highest BCUT2D eigenvalue weighted by Crippen LogP contribution is 2.42. The van der Waals surface area contributed by atoms with E-state index in [1.165, 1.54) is 30.7 Å². The maximum Gasteiger partial charge on any atom is 0.319 e. The van der Waals surface area contributed by atoms with Crippen LogP contribution in [0, 0.1) is 24.0 Å². The topological polar surface area (TPSA) is 73.8 Å². The highest BCUT2D eigenvalue weighted by Gasteiger charge is 2.49. The number of hydrogen-bond acceptors (Lipinski definition) is 7. The molecule has 7 nitrogen and oxygen atoms in total. The third-order valence-electron chi connectivity index (χ3n) is 10.5. The Morgan fingerprint density at radius 3 is 2.76 bits per heavy atom. The third kappa shape index (κ3) is 4.92. The van der Waals surface area contributed by atoms with Gasteiger partial charge in [-0.1, -0.05) is 24.5 Å². The summed E-state index contributed by atoms with van der Waals surface area (Å²) in [7, 11) is 0. The number of nitrogens with one attached hydrogen (secondary N) is 1. The predicted octanol–water partition coefficient (Wildman–Crippen LogP) is 6.09. The van der Waals surface area contributed by atoms with Crippen LogP contribution in [0.15, 0.2) is 36.4 Å². The van der Waals surface area contributed by atoms with Crippen LogP contribution in [0.5, 0.6) is 11.8 Å². The second-order valence-electron chi connectivity index (χ2n) is 13.4. The summed E-state index contributed by atoms with van der Waals surface area (Å²) in [4.78, 5) is 13.9. The smallest absolute Gasteiger partial charge is 0.319 e. The van der Waals surface area contributed by atoms with E-state index in [0.717, 1.165) is 45.2 Å². The molecule has 3 aromatic carbocycles. The molecule has 238 valence electrons. The van der Waals surface area contributed by atoms with Crippen LogP contribution in [0.1, 0.15) is 50.5 Å². The maximum absolute atomic E-state index is 16.9. The Bertz CT molecular complexity index is 1900. The third-order valence-corrected chi connectivity index (χ3v) is 10.5. The number of piperidine rings is 1. The van der Waals surface area contributed by atoms with Gasteiger partial charge in [-0.2, -0.15) is 9.97 Å². The molecule has 1 aromatic heterocycles. The van der Waals surface area contributed by atoms with Crippen molar-refractivity contribution in [2.75, 3.05) is 37.7 Å². The van der Waals surface area contributed by atoms with E-state index in [2.05, 4.69) is 26.0 Å². The quantitative estimate of drug-likeness (QED) is 0.260. The average molecular weight is 628 g/mol. The second-order valence-corrected chi connectivity index (χ2v) is 13.4. The summed E-state index contributed by atoms with van der Waals surface area (Å²) in [6.07, 6.45) is 11.3. The van der Waals surface area contributed by atoms with Crippen molar-refractivity contribution in [1.82, 2.24) is 20.2 Å². The molecule has 0 aliphatic carbocycles. The molecule has 4 saturated heterocycles. The maximum atomic E-state index is 16.9. The van der Waals surface area contributed by atoms with Crippen LogP contribution in [-0.4, -0.2) is 76.6 Å². The second kappa shape index (κ2) is 11.3. The van der Waals surface area contributed by atoms with E-state index in [4.69, 9.17) is 16.1 Å². The minimum absolute atomic E-state index is 0.00862. The van der Waals surface area contributed by atoms with Gasteiger partial charge in [0, 0.05) is 54.5 Å². The zero-order valence-electron chi connectivity index (χ0n) is 25.5. The molecule has 46 heavy (non-hydrogen) atoms. The van der Waals surface area contributed by atoms with E-state index in [9.17, 15) is 13.9 Å². The number of fused-ring (bicyclic) bond motifs is 5. The molecule has 8 rings (SSSR count). The SMILES string of the molecule is C#Cc1c(F)ccc2cc(O)cc(-c3ccc4c(N5CC[C@H]6CCC[C@@H](C5)N6)nc(OC[C@@]56CCCN5C[C@H](F)C6)nc4c3F)c12. The molecule has 10 heteroatoms. The van der Waals surface area contributed by atoms with Gasteiger partial charge in [0.15, 0.2) is 5.82 Å². The largest absolute Gasteiger partial charge is 0.508 e. The first-order valence-corrected chi connectivity index (χ1v) is 16.3. The number of nitrogens with zero attached hydrogens (tertiary/aromatic N) is 4. The van der Waals surface area contributed by atoms with E-state index in [1.54, 1.807) is 12.1 Å². The van der Waals surface area contributed by atoms with Crippen LogP contribution >= 0.6 is 0 Å². The summed E-state index contributed by atoms with van der Waals surface area (Å²) in [5, 5.41) is 15.7. The summed E-state index contributed by atoms with van der Waals surface area (Å²) < 4.78 is 52.6. The fourth-order valence-corrected chi connectivity index (χ4v) is 8.41. The number of terminal acetylenes is 1. The van der Waals surface area contributed by atoms with Crippen molar-refractivity contribution in [3.63, 3.8) is 0 Å². The molecular formula is C36H36F3N5O2. The summed E-state index contributed by atoms with van der Waals surface area (Å²) >= 11 is 0. The minimum Gasteiger partial charge on any atom is -0.508 e. The number of halogens is 3. The van der Waals surface area contributed by atoms with Crippen LogP contribution in [0.4, 0.5) is 19.0 Å². The molecule has 4 aromatic rings. The van der Waals surface area contributed by atoms with Crippen LogP contribution in [0.2, 0.25) is 0 Å². The lowest BCUT2D eigenvalue weighted by Gasteiger charge is -2.31.